The van der Waals surface area contributed by atoms with Gasteiger partial charge < -0.3 is 34.6 Å². The molecular formula is C39H42Cl2HfN2-2. The Morgan fingerprint density at radius 1 is 0.705 bits per heavy atom. The molecule has 44 heavy (non-hydrogen) atoms. The fourth-order valence-corrected chi connectivity index (χ4v) is 6.55. The van der Waals surface area contributed by atoms with Crippen LogP contribution in [0.15, 0.2) is 109 Å². The quantitative estimate of drug-likeness (QED) is 0.177. The maximum atomic E-state index is 3.66. The maximum absolute atomic E-state index is 3.66. The van der Waals surface area contributed by atoms with Gasteiger partial charge in [-0.2, -0.15) is 18.2 Å². The Hall–Kier alpha value is -2.72. The van der Waals surface area contributed by atoms with Crippen LogP contribution in [0.4, 0.5) is 11.4 Å². The molecule has 0 unspecified atom stereocenters. The van der Waals surface area contributed by atoms with E-state index in [0.717, 1.165) is 62.9 Å². The Morgan fingerprint density at radius 2 is 1.27 bits per heavy atom. The summed E-state index contributed by atoms with van der Waals surface area (Å²) in [6, 6.07) is 36.3. The first kappa shape index (κ1) is 37.5. The number of hydrogen-bond acceptors (Lipinski definition) is 2. The van der Waals surface area contributed by atoms with E-state index >= 15 is 0 Å². The van der Waals surface area contributed by atoms with Gasteiger partial charge in [0.15, 0.2) is 0 Å². The number of allylic oxidation sites excluding steroid dienone is 4. The topological polar surface area (TPSA) is 6.48 Å². The fraction of sp³-hybridized carbons (Fsp3) is 0.256. The summed E-state index contributed by atoms with van der Waals surface area (Å²) >= 11 is 1.08. The van der Waals surface area contributed by atoms with Gasteiger partial charge in [-0.1, -0.05) is 17.3 Å². The van der Waals surface area contributed by atoms with Crippen molar-refractivity contribution >= 4 is 14.6 Å². The number of anilines is 2. The van der Waals surface area contributed by atoms with Gasteiger partial charge >= 0.3 is 98.9 Å². The molecule has 228 valence electrons. The number of nitrogens with zero attached hydrogens (tertiary/aromatic N) is 2. The number of rotatable bonds is 8. The van der Waals surface area contributed by atoms with Crippen LogP contribution in [0.5, 0.6) is 0 Å². The minimum absolute atomic E-state index is 0. The average molecular weight is 788 g/mol. The second-order valence-corrected chi connectivity index (χ2v) is 12.0. The molecule has 2 nitrogen and oxygen atoms in total. The third-order valence-corrected chi connectivity index (χ3v) is 9.78. The van der Waals surface area contributed by atoms with E-state index in [1.807, 2.05) is 12.2 Å². The van der Waals surface area contributed by atoms with E-state index < -0.39 is 0 Å². The molecule has 0 bridgehead atoms. The van der Waals surface area contributed by atoms with Gasteiger partial charge in [0.2, 0.25) is 0 Å². The van der Waals surface area contributed by atoms with Gasteiger partial charge in [0, 0.05) is 31.9 Å². The summed E-state index contributed by atoms with van der Waals surface area (Å²) in [5, 5.41) is 0. The SMILES string of the molecule is CCN(CC)c1[c-]c2c(cc1)-c1ccc(N(CC)CC)cc1C2.[C-]1=CC=CC1.[Cl-].[Cl-].[Hf+2]=[C](c1ccccc1)c1ccccc1. The van der Waals surface area contributed by atoms with Gasteiger partial charge in [-0.25, -0.2) is 12.2 Å². The molecule has 2 aliphatic rings. The van der Waals surface area contributed by atoms with Crippen LogP contribution in [0.25, 0.3) is 11.1 Å². The van der Waals surface area contributed by atoms with Crippen molar-refractivity contribution in [3.8, 4) is 11.1 Å². The predicted octanol–water partition coefficient (Wildman–Crippen LogP) is 2.87. The van der Waals surface area contributed by atoms with Gasteiger partial charge in [0.1, 0.15) is 0 Å². The second kappa shape index (κ2) is 19.6. The van der Waals surface area contributed by atoms with Crippen molar-refractivity contribution in [1.29, 1.82) is 0 Å². The summed E-state index contributed by atoms with van der Waals surface area (Å²) in [6.45, 7) is 13.0. The van der Waals surface area contributed by atoms with Crippen LogP contribution in [0.3, 0.4) is 0 Å². The average Bonchev–Trinajstić information content (AvgIpc) is 3.75. The van der Waals surface area contributed by atoms with E-state index in [-0.39, 0.29) is 24.8 Å². The van der Waals surface area contributed by atoms with Crippen LogP contribution in [-0.2, 0) is 30.3 Å². The van der Waals surface area contributed by atoms with Crippen molar-refractivity contribution in [2.45, 2.75) is 40.5 Å². The van der Waals surface area contributed by atoms with Gasteiger partial charge in [-0.3, -0.25) is 6.08 Å². The first-order valence-corrected chi connectivity index (χ1v) is 17.0. The Kier molecular flexibility index (Phi) is 16.7. The molecule has 0 spiro atoms. The van der Waals surface area contributed by atoms with Crippen molar-refractivity contribution in [2.24, 2.45) is 0 Å². The van der Waals surface area contributed by atoms with E-state index in [1.165, 1.54) is 48.0 Å². The molecule has 0 aliphatic heterocycles. The van der Waals surface area contributed by atoms with E-state index in [2.05, 4.69) is 147 Å². The summed E-state index contributed by atoms with van der Waals surface area (Å²) in [6.07, 6.45) is 11.0. The Balaban J connectivity index is 0.000000273. The molecule has 0 aromatic heterocycles. The zero-order chi connectivity index (χ0) is 29.7. The summed E-state index contributed by atoms with van der Waals surface area (Å²) in [4.78, 5) is 4.78. The summed E-state index contributed by atoms with van der Waals surface area (Å²) in [5.74, 6) is 0. The Morgan fingerprint density at radius 3 is 1.75 bits per heavy atom. The molecule has 0 heterocycles. The molecule has 4 aromatic rings. The zero-order valence-electron chi connectivity index (χ0n) is 26.3. The molecule has 0 amide bonds. The van der Waals surface area contributed by atoms with Crippen LogP contribution in [0, 0.1) is 12.1 Å². The van der Waals surface area contributed by atoms with E-state index in [4.69, 9.17) is 0 Å². The second-order valence-electron chi connectivity index (χ2n) is 10.2. The molecule has 2 aliphatic carbocycles. The molecule has 0 atom stereocenters. The zero-order valence-corrected chi connectivity index (χ0v) is 31.4. The summed E-state index contributed by atoms with van der Waals surface area (Å²) in [7, 11) is 0. The molecule has 0 saturated heterocycles. The Labute approximate surface area is 292 Å². The standard InChI is InChI=1S/C21H27N2.C13H10.C5H5.2ClH.Hf/c1-5-22(6-2)18-9-11-20-16(14-18)13-17-15-19(10-12-21(17)20)23(7-3)8-4;1-3-7-12(8-4-1)11-13-9-5-2-6-10-13;1-2-4-5-3-1;;;/h9-12,14H,5-8,13H2,1-4H3;1-10H;1-3H,4H2;2*1H;/q-1;;-1;;;+2/p-2. The summed E-state index contributed by atoms with van der Waals surface area (Å²) in [5.41, 5.74) is 10.8. The van der Waals surface area contributed by atoms with E-state index in [1.54, 1.807) is 0 Å². The van der Waals surface area contributed by atoms with Gasteiger partial charge in [0.25, 0.3) is 0 Å². The molecular weight excluding hydrogens is 746 g/mol. The molecule has 0 fully saturated rings. The molecule has 0 radical (unpaired) electrons. The number of benzene rings is 4. The summed E-state index contributed by atoms with van der Waals surface area (Å²) < 4.78 is 1.46. The van der Waals surface area contributed by atoms with E-state index in [9.17, 15) is 0 Å². The van der Waals surface area contributed by atoms with Gasteiger partial charge in [-0.05, 0) is 51.8 Å². The molecule has 5 heteroatoms. The van der Waals surface area contributed by atoms with Crippen LogP contribution in [-0.4, -0.2) is 29.4 Å². The number of halogens is 2. The van der Waals surface area contributed by atoms with Crippen molar-refractivity contribution in [3.63, 3.8) is 0 Å². The van der Waals surface area contributed by atoms with Crippen LogP contribution < -0.4 is 34.6 Å². The normalized spacial score (nSPS) is 11.4. The Bertz CT molecular complexity index is 1380. The number of hydrogen-bond donors (Lipinski definition) is 0. The first-order chi connectivity index (χ1) is 20.6. The van der Waals surface area contributed by atoms with Gasteiger partial charge in [0.05, 0.1) is 0 Å². The molecule has 6 rings (SSSR count). The fourth-order valence-electron chi connectivity index (χ4n) is 5.35. The van der Waals surface area contributed by atoms with Crippen LogP contribution in [0.1, 0.15) is 56.4 Å². The van der Waals surface area contributed by atoms with Crippen molar-refractivity contribution in [3.05, 3.63) is 144 Å². The van der Waals surface area contributed by atoms with Gasteiger partial charge in [-0.15, -0.1) is 23.6 Å². The van der Waals surface area contributed by atoms with Crippen molar-refractivity contribution in [1.82, 2.24) is 0 Å². The predicted molar refractivity (Wildman–Crippen MR) is 178 cm³/mol. The van der Waals surface area contributed by atoms with Crippen molar-refractivity contribution < 1.29 is 48.7 Å². The van der Waals surface area contributed by atoms with Crippen molar-refractivity contribution in [2.75, 3.05) is 36.0 Å². The molecule has 0 saturated carbocycles. The monoisotopic (exact) mass is 788 g/mol. The molecule has 0 N–H and O–H groups in total. The van der Waals surface area contributed by atoms with E-state index in [0.29, 0.717) is 0 Å². The third-order valence-electron chi connectivity index (χ3n) is 7.70. The number of fused-ring (bicyclic) bond motifs is 3. The van der Waals surface area contributed by atoms with Crippen LogP contribution >= 0.6 is 0 Å². The first-order valence-electron chi connectivity index (χ1n) is 15.2. The minimum atomic E-state index is 0. The van der Waals surface area contributed by atoms with Crippen LogP contribution in [0.2, 0.25) is 0 Å². The third kappa shape index (κ3) is 9.89. The molecule has 4 aromatic carbocycles.